The summed E-state index contributed by atoms with van der Waals surface area (Å²) in [7, 11) is 0. The molecule has 1 aliphatic rings. The van der Waals surface area contributed by atoms with Crippen LogP contribution in [0.2, 0.25) is 0 Å². The van der Waals surface area contributed by atoms with Gasteiger partial charge in [0.2, 0.25) is 0 Å². The molecule has 0 aliphatic heterocycles. The zero-order valence-corrected chi connectivity index (χ0v) is 7.34. The maximum absolute atomic E-state index is 5.51. The molecule has 3 heteroatoms. The lowest BCUT2D eigenvalue weighted by Gasteiger charge is -1.96. The predicted octanol–water partition coefficient (Wildman–Crippen LogP) is 1.36. The van der Waals surface area contributed by atoms with Crippen LogP contribution in [0.5, 0.6) is 0 Å². The van der Waals surface area contributed by atoms with E-state index in [-0.39, 0.29) is 0 Å². The summed E-state index contributed by atoms with van der Waals surface area (Å²) in [6.45, 7) is 2.67. The lowest BCUT2D eigenvalue weighted by Crippen LogP contribution is -2.04. The molecule has 1 aromatic heterocycles. The van der Waals surface area contributed by atoms with Crippen LogP contribution in [-0.2, 0) is 6.42 Å². The largest absolute Gasteiger partial charge is 0.361 e. The highest BCUT2D eigenvalue weighted by Gasteiger charge is 2.30. The topological polar surface area (TPSA) is 52.0 Å². The Morgan fingerprint density at radius 3 is 2.92 bits per heavy atom. The van der Waals surface area contributed by atoms with E-state index in [1.807, 2.05) is 6.92 Å². The highest BCUT2D eigenvalue weighted by Crippen LogP contribution is 2.42. The van der Waals surface area contributed by atoms with Crippen LogP contribution in [-0.4, -0.2) is 11.7 Å². The molecule has 0 amide bonds. The van der Waals surface area contributed by atoms with E-state index in [1.165, 1.54) is 18.4 Å². The van der Waals surface area contributed by atoms with Gasteiger partial charge in [0, 0.05) is 11.5 Å². The fourth-order valence-electron chi connectivity index (χ4n) is 1.52. The van der Waals surface area contributed by atoms with Crippen LogP contribution in [0, 0.1) is 6.92 Å². The van der Waals surface area contributed by atoms with Crippen molar-refractivity contribution in [3.05, 3.63) is 17.0 Å². The third-order valence-corrected chi connectivity index (χ3v) is 2.36. The quantitative estimate of drug-likeness (QED) is 0.737. The number of hydrogen-bond donors (Lipinski definition) is 1. The van der Waals surface area contributed by atoms with Gasteiger partial charge in [-0.2, -0.15) is 0 Å². The molecule has 2 rings (SSSR count). The average Bonchev–Trinajstić information content (AvgIpc) is 2.82. The molecule has 0 radical (unpaired) electrons. The molecule has 1 saturated carbocycles. The van der Waals surface area contributed by atoms with E-state index in [4.69, 9.17) is 10.3 Å². The molecular weight excluding hydrogens is 152 g/mol. The smallest absolute Gasteiger partial charge is 0.143 e. The molecule has 0 aromatic carbocycles. The van der Waals surface area contributed by atoms with Crippen LogP contribution in [0.25, 0.3) is 0 Å². The van der Waals surface area contributed by atoms with Crippen molar-refractivity contribution in [2.45, 2.75) is 32.1 Å². The van der Waals surface area contributed by atoms with Crippen LogP contribution in [0.15, 0.2) is 4.52 Å². The summed E-state index contributed by atoms with van der Waals surface area (Å²) in [5, 5.41) is 3.97. The zero-order valence-electron chi connectivity index (χ0n) is 7.34. The predicted molar refractivity (Wildman–Crippen MR) is 46.0 cm³/mol. The van der Waals surface area contributed by atoms with E-state index in [1.54, 1.807) is 0 Å². The van der Waals surface area contributed by atoms with Crippen molar-refractivity contribution < 1.29 is 4.52 Å². The Hall–Kier alpha value is -0.830. The molecule has 12 heavy (non-hydrogen) atoms. The number of nitrogens with two attached hydrogens (primary N) is 1. The molecule has 1 aliphatic carbocycles. The van der Waals surface area contributed by atoms with Gasteiger partial charge >= 0.3 is 0 Å². The van der Waals surface area contributed by atoms with Gasteiger partial charge in [0.05, 0.1) is 5.69 Å². The first kappa shape index (κ1) is 7.80. The van der Waals surface area contributed by atoms with Gasteiger partial charge in [0.15, 0.2) is 0 Å². The fourth-order valence-corrected chi connectivity index (χ4v) is 1.52. The first-order valence-corrected chi connectivity index (χ1v) is 4.48. The second-order valence-electron chi connectivity index (χ2n) is 3.42. The molecule has 1 aromatic rings. The SMILES string of the molecule is Cc1noc(C2CC2)c1CCN. The second kappa shape index (κ2) is 2.90. The maximum Gasteiger partial charge on any atom is 0.143 e. The maximum atomic E-state index is 5.51. The van der Waals surface area contributed by atoms with Gasteiger partial charge in [-0.1, -0.05) is 5.16 Å². The molecule has 0 bridgehead atoms. The van der Waals surface area contributed by atoms with Crippen LogP contribution in [0.1, 0.15) is 35.8 Å². The molecule has 0 saturated heterocycles. The van der Waals surface area contributed by atoms with Crippen molar-refractivity contribution in [3.63, 3.8) is 0 Å². The number of nitrogens with zero attached hydrogens (tertiary/aromatic N) is 1. The van der Waals surface area contributed by atoms with Crippen molar-refractivity contribution in [2.24, 2.45) is 5.73 Å². The van der Waals surface area contributed by atoms with Gasteiger partial charge in [-0.3, -0.25) is 0 Å². The molecule has 0 spiro atoms. The monoisotopic (exact) mass is 166 g/mol. The highest BCUT2D eigenvalue weighted by atomic mass is 16.5. The van der Waals surface area contributed by atoms with Gasteiger partial charge < -0.3 is 10.3 Å². The molecule has 1 heterocycles. The molecular formula is C9H14N2O. The van der Waals surface area contributed by atoms with Crippen molar-refractivity contribution in [1.82, 2.24) is 5.16 Å². The minimum atomic E-state index is 0.646. The Balaban J connectivity index is 2.26. The second-order valence-corrected chi connectivity index (χ2v) is 3.42. The third-order valence-electron chi connectivity index (χ3n) is 2.36. The van der Waals surface area contributed by atoms with Crippen LogP contribution in [0.4, 0.5) is 0 Å². The molecule has 0 atom stereocenters. The standard InChI is InChI=1S/C9H14N2O/c1-6-8(4-5-10)9(12-11-6)7-2-3-7/h7H,2-5,10H2,1H3. The van der Waals surface area contributed by atoms with Crippen LogP contribution < -0.4 is 5.73 Å². The Labute approximate surface area is 71.9 Å². The normalized spacial score (nSPS) is 16.8. The van der Waals surface area contributed by atoms with Crippen molar-refractivity contribution >= 4 is 0 Å². The van der Waals surface area contributed by atoms with Gasteiger partial charge in [-0.15, -0.1) is 0 Å². The average molecular weight is 166 g/mol. The minimum absolute atomic E-state index is 0.646. The lowest BCUT2D eigenvalue weighted by atomic mass is 10.1. The summed E-state index contributed by atoms with van der Waals surface area (Å²) < 4.78 is 5.27. The molecule has 0 unspecified atom stereocenters. The number of hydrogen-bond acceptors (Lipinski definition) is 3. The molecule has 3 nitrogen and oxygen atoms in total. The summed E-state index contributed by atoms with van der Waals surface area (Å²) in [5.41, 5.74) is 7.77. The third kappa shape index (κ3) is 1.25. The van der Waals surface area contributed by atoms with Crippen molar-refractivity contribution in [3.8, 4) is 0 Å². The Morgan fingerprint density at radius 2 is 2.33 bits per heavy atom. The lowest BCUT2D eigenvalue weighted by molar-refractivity contribution is 0.379. The number of aromatic nitrogens is 1. The van der Waals surface area contributed by atoms with Crippen molar-refractivity contribution in [1.29, 1.82) is 0 Å². The van der Waals surface area contributed by atoms with Crippen LogP contribution >= 0.6 is 0 Å². The Morgan fingerprint density at radius 1 is 1.58 bits per heavy atom. The molecule has 66 valence electrons. The van der Waals surface area contributed by atoms with Gasteiger partial charge in [0.25, 0.3) is 0 Å². The summed E-state index contributed by atoms with van der Waals surface area (Å²) in [6.07, 6.45) is 3.42. The van der Waals surface area contributed by atoms with E-state index >= 15 is 0 Å². The van der Waals surface area contributed by atoms with E-state index in [0.29, 0.717) is 12.5 Å². The summed E-state index contributed by atoms with van der Waals surface area (Å²) in [5.74, 6) is 1.74. The Kier molecular flexibility index (Phi) is 1.89. The minimum Gasteiger partial charge on any atom is -0.361 e. The first-order valence-electron chi connectivity index (χ1n) is 4.48. The summed E-state index contributed by atoms with van der Waals surface area (Å²) >= 11 is 0. The van der Waals surface area contributed by atoms with E-state index in [0.717, 1.165) is 17.9 Å². The first-order chi connectivity index (χ1) is 5.83. The van der Waals surface area contributed by atoms with Gasteiger partial charge in [-0.05, 0) is 32.7 Å². The van der Waals surface area contributed by atoms with Gasteiger partial charge in [0.1, 0.15) is 5.76 Å². The number of rotatable bonds is 3. The van der Waals surface area contributed by atoms with E-state index in [2.05, 4.69) is 5.16 Å². The molecule has 2 N–H and O–H groups in total. The highest BCUT2D eigenvalue weighted by molar-refractivity contribution is 5.27. The molecule has 1 fully saturated rings. The zero-order chi connectivity index (χ0) is 8.55. The van der Waals surface area contributed by atoms with Crippen LogP contribution in [0.3, 0.4) is 0 Å². The summed E-state index contributed by atoms with van der Waals surface area (Å²) in [6, 6.07) is 0. The van der Waals surface area contributed by atoms with E-state index < -0.39 is 0 Å². The van der Waals surface area contributed by atoms with Gasteiger partial charge in [-0.25, -0.2) is 0 Å². The van der Waals surface area contributed by atoms with Crippen molar-refractivity contribution in [2.75, 3.05) is 6.54 Å². The number of aryl methyl sites for hydroxylation is 1. The van der Waals surface area contributed by atoms with E-state index in [9.17, 15) is 0 Å². The summed E-state index contributed by atoms with van der Waals surface area (Å²) in [4.78, 5) is 0. The Bertz CT molecular complexity index is 276. The fraction of sp³-hybridized carbons (Fsp3) is 0.667.